The van der Waals surface area contributed by atoms with Gasteiger partial charge in [0.05, 0.1) is 19.8 Å². The first-order valence-electron chi connectivity index (χ1n) is 6.25. The highest BCUT2D eigenvalue weighted by molar-refractivity contribution is 4.82. The summed E-state index contributed by atoms with van der Waals surface area (Å²) in [6.07, 6.45) is 1.16. The van der Waals surface area contributed by atoms with Crippen LogP contribution in [0.2, 0.25) is 0 Å². The standard InChI is InChI=1S/C12H26N2O2/c1-4-10(2)14(5-6-15-3)7-11-8-16-9-12(11)13/h10-12H,4-9,13H2,1-3H3. The van der Waals surface area contributed by atoms with Gasteiger partial charge in [0.2, 0.25) is 0 Å². The lowest BCUT2D eigenvalue weighted by Gasteiger charge is -2.31. The van der Waals surface area contributed by atoms with Crippen molar-refractivity contribution in [2.24, 2.45) is 11.7 Å². The molecule has 4 nitrogen and oxygen atoms in total. The van der Waals surface area contributed by atoms with E-state index in [-0.39, 0.29) is 6.04 Å². The van der Waals surface area contributed by atoms with E-state index < -0.39 is 0 Å². The highest BCUT2D eigenvalue weighted by Crippen LogP contribution is 2.15. The molecule has 0 aliphatic carbocycles. The molecule has 0 aromatic heterocycles. The molecule has 4 heteroatoms. The minimum atomic E-state index is 0.203. The molecule has 0 amide bonds. The average Bonchev–Trinajstić information content (AvgIpc) is 2.69. The predicted octanol–water partition coefficient (Wildman–Crippen LogP) is 0.707. The monoisotopic (exact) mass is 230 g/mol. The lowest BCUT2D eigenvalue weighted by molar-refractivity contribution is 0.102. The molecule has 1 saturated heterocycles. The third-order valence-electron chi connectivity index (χ3n) is 3.51. The third kappa shape index (κ3) is 4.01. The summed E-state index contributed by atoms with van der Waals surface area (Å²) in [6.45, 7) is 8.79. The minimum Gasteiger partial charge on any atom is -0.383 e. The maximum atomic E-state index is 6.01. The molecule has 16 heavy (non-hydrogen) atoms. The molecule has 0 saturated carbocycles. The normalized spacial score (nSPS) is 27.6. The van der Waals surface area contributed by atoms with Gasteiger partial charge in [-0.15, -0.1) is 0 Å². The van der Waals surface area contributed by atoms with Gasteiger partial charge in [0.1, 0.15) is 0 Å². The molecule has 1 aliphatic rings. The van der Waals surface area contributed by atoms with Gasteiger partial charge in [0, 0.05) is 38.2 Å². The summed E-state index contributed by atoms with van der Waals surface area (Å²) < 4.78 is 10.6. The second kappa shape index (κ2) is 7.22. The smallest absolute Gasteiger partial charge is 0.0621 e. The Morgan fingerprint density at radius 2 is 2.25 bits per heavy atom. The van der Waals surface area contributed by atoms with Crippen molar-refractivity contribution >= 4 is 0 Å². The number of hydrogen-bond donors (Lipinski definition) is 1. The summed E-state index contributed by atoms with van der Waals surface area (Å²) in [5.41, 5.74) is 6.01. The van der Waals surface area contributed by atoms with Gasteiger partial charge in [-0.2, -0.15) is 0 Å². The van der Waals surface area contributed by atoms with E-state index >= 15 is 0 Å². The highest BCUT2D eigenvalue weighted by Gasteiger charge is 2.27. The quantitative estimate of drug-likeness (QED) is 0.699. The second-order valence-electron chi connectivity index (χ2n) is 4.71. The molecule has 1 fully saturated rings. The van der Waals surface area contributed by atoms with E-state index in [2.05, 4.69) is 18.7 Å². The fourth-order valence-electron chi connectivity index (χ4n) is 2.06. The molecule has 1 heterocycles. The first-order chi connectivity index (χ1) is 7.69. The summed E-state index contributed by atoms with van der Waals surface area (Å²) in [4.78, 5) is 2.46. The van der Waals surface area contributed by atoms with Crippen LogP contribution in [-0.2, 0) is 9.47 Å². The van der Waals surface area contributed by atoms with Gasteiger partial charge in [-0.05, 0) is 13.3 Å². The van der Waals surface area contributed by atoms with E-state index in [1.807, 2.05) is 0 Å². The van der Waals surface area contributed by atoms with Gasteiger partial charge in [0.15, 0.2) is 0 Å². The van der Waals surface area contributed by atoms with Crippen LogP contribution in [0.1, 0.15) is 20.3 Å². The Hall–Kier alpha value is -0.160. The number of hydrogen-bond acceptors (Lipinski definition) is 4. The zero-order valence-corrected chi connectivity index (χ0v) is 10.8. The van der Waals surface area contributed by atoms with Crippen LogP contribution in [0.3, 0.4) is 0 Å². The van der Waals surface area contributed by atoms with Crippen molar-refractivity contribution in [3.05, 3.63) is 0 Å². The summed E-state index contributed by atoms with van der Waals surface area (Å²) in [7, 11) is 1.75. The third-order valence-corrected chi connectivity index (χ3v) is 3.51. The Morgan fingerprint density at radius 3 is 2.75 bits per heavy atom. The molecule has 3 atom stereocenters. The van der Waals surface area contributed by atoms with Crippen molar-refractivity contribution < 1.29 is 9.47 Å². The van der Waals surface area contributed by atoms with Gasteiger partial charge in [-0.25, -0.2) is 0 Å². The number of rotatable bonds is 7. The van der Waals surface area contributed by atoms with Gasteiger partial charge < -0.3 is 15.2 Å². The summed E-state index contributed by atoms with van der Waals surface area (Å²) in [5, 5.41) is 0. The lowest BCUT2D eigenvalue weighted by Crippen LogP contribution is -2.43. The van der Waals surface area contributed by atoms with Crippen molar-refractivity contribution in [2.45, 2.75) is 32.4 Å². The summed E-state index contributed by atoms with van der Waals surface area (Å²) in [5.74, 6) is 0.478. The molecule has 0 bridgehead atoms. The van der Waals surface area contributed by atoms with E-state index in [1.165, 1.54) is 0 Å². The number of nitrogens with zero attached hydrogens (tertiary/aromatic N) is 1. The largest absolute Gasteiger partial charge is 0.383 e. The first kappa shape index (κ1) is 13.9. The van der Waals surface area contributed by atoms with Crippen molar-refractivity contribution in [1.29, 1.82) is 0 Å². The van der Waals surface area contributed by atoms with Crippen molar-refractivity contribution in [3.8, 4) is 0 Å². The molecule has 1 rings (SSSR count). The fraction of sp³-hybridized carbons (Fsp3) is 1.00. The second-order valence-corrected chi connectivity index (χ2v) is 4.71. The Bertz CT molecular complexity index is 190. The summed E-state index contributed by atoms with van der Waals surface area (Å²) in [6, 6.07) is 0.789. The summed E-state index contributed by atoms with van der Waals surface area (Å²) >= 11 is 0. The van der Waals surface area contributed by atoms with E-state index in [0.29, 0.717) is 18.6 Å². The first-order valence-corrected chi connectivity index (χ1v) is 6.25. The zero-order chi connectivity index (χ0) is 12.0. The van der Waals surface area contributed by atoms with E-state index in [0.717, 1.165) is 32.7 Å². The van der Waals surface area contributed by atoms with Crippen LogP contribution >= 0.6 is 0 Å². The van der Waals surface area contributed by atoms with E-state index in [4.69, 9.17) is 15.2 Å². The average molecular weight is 230 g/mol. The molecule has 1 aliphatic heterocycles. The molecule has 0 spiro atoms. The van der Waals surface area contributed by atoms with Gasteiger partial charge in [-0.3, -0.25) is 4.90 Å². The Labute approximate surface area is 99.1 Å². The van der Waals surface area contributed by atoms with Crippen LogP contribution in [0.4, 0.5) is 0 Å². The maximum Gasteiger partial charge on any atom is 0.0621 e. The van der Waals surface area contributed by atoms with Crippen LogP contribution in [0.15, 0.2) is 0 Å². The van der Waals surface area contributed by atoms with E-state index in [9.17, 15) is 0 Å². The molecular formula is C12H26N2O2. The van der Waals surface area contributed by atoms with Gasteiger partial charge in [0.25, 0.3) is 0 Å². The maximum absolute atomic E-state index is 6.01. The highest BCUT2D eigenvalue weighted by atomic mass is 16.5. The zero-order valence-electron chi connectivity index (χ0n) is 10.8. The van der Waals surface area contributed by atoms with Crippen LogP contribution in [0.5, 0.6) is 0 Å². The van der Waals surface area contributed by atoms with Crippen molar-refractivity contribution in [1.82, 2.24) is 4.90 Å². The number of methoxy groups -OCH3 is 1. The van der Waals surface area contributed by atoms with Crippen LogP contribution in [-0.4, -0.2) is 57.0 Å². The SMILES string of the molecule is CCC(C)N(CCOC)CC1COCC1N. The Kier molecular flexibility index (Phi) is 6.28. The Morgan fingerprint density at radius 1 is 1.50 bits per heavy atom. The van der Waals surface area contributed by atoms with Crippen molar-refractivity contribution in [3.63, 3.8) is 0 Å². The number of ether oxygens (including phenoxy) is 2. The fourth-order valence-corrected chi connectivity index (χ4v) is 2.06. The molecule has 2 N–H and O–H groups in total. The molecule has 0 radical (unpaired) electrons. The number of nitrogens with two attached hydrogens (primary N) is 1. The van der Waals surface area contributed by atoms with Crippen molar-refractivity contribution in [2.75, 3.05) is 40.0 Å². The minimum absolute atomic E-state index is 0.203. The lowest BCUT2D eigenvalue weighted by atomic mass is 10.0. The van der Waals surface area contributed by atoms with Gasteiger partial charge in [-0.1, -0.05) is 6.92 Å². The topological polar surface area (TPSA) is 47.7 Å². The predicted molar refractivity (Wildman–Crippen MR) is 65.5 cm³/mol. The molecule has 3 unspecified atom stereocenters. The molecule has 0 aromatic rings. The van der Waals surface area contributed by atoms with Crippen LogP contribution in [0.25, 0.3) is 0 Å². The van der Waals surface area contributed by atoms with Gasteiger partial charge >= 0.3 is 0 Å². The Balaban J connectivity index is 2.41. The molecular weight excluding hydrogens is 204 g/mol. The molecule has 0 aromatic carbocycles. The van der Waals surface area contributed by atoms with Crippen LogP contribution in [0, 0.1) is 5.92 Å². The van der Waals surface area contributed by atoms with E-state index in [1.54, 1.807) is 7.11 Å². The molecule has 96 valence electrons. The van der Waals surface area contributed by atoms with Crippen LogP contribution < -0.4 is 5.73 Å².